The number of pyridine rings is 1. The lowest BCUT2D eigenvalue weighted by Crippen LogP contribution is -2.45. The molecule has 1 aromatic carbocycles. The Morgan fingerprint density at radius 3 is 2.61 bits per heavy atom. The zero-order chi connectivity index (χ0) is 15.6. The molecule has 1 fully saturated rings. The fraction of sp³-hybridized carbons (Fsp3) is 0.333. The Morgan fingerprint density at radius 1 is 1.04 bits per heavy atom. The fourth-order valence-corrected chi connectivity index (χ4v) is 4.11. The zero-order valence-corrected chi connectivity index (χ0v) is 14.1. The van der Waals surface area contributed by atoms with E-state index in [9.17, 15) is 0 Å². The summed E-state index contributed by atoms with van der Waals surface area (Å²) in [5.74, 6) is 0. The van der Waals surface area contributed by atoms with E-state index in [4.69, 9.17) is 4.98 Å². The Balaban J connectivity index is 1.42. The van der Waals surface area contributed by atoms with Crippen molar-refractivity contribution >= 4 is 26.7 Å². The van der Waals surface area contributed by atoms with Crippen LogP contribution in [0.1, 0.15) is 11.1 Å². The van der Waals surface area contributed by atoms with Gasteiger partial charge in [0.1, 0.15) is 0 Å². The lowest BCUT2D eigenvalue weighted by molar-refractivity contribution is 0.250. The van der Waals surface area contributed by atoms with Crippen molar-refractivity contribution in [1.29, 1.82) is 0 Å². The highest BCUT2D eigenvalue weighted by Gasteiger charge is 2.19. The number of hydrogen-bond donors (Lipinski definition) is 0. The average molecular weight is 324 g/mol. The topological polar surface area (TPSA) is 32.3 Å². The van der Waals surface area contributed by atoms with Crippen molar-refractivity contribution in [2.24, 2.45) is 0 Å². The van der Waals surface area contributed by atoms with Gasteiger partial charge >= 0.3 is 0 Å². The molecule has 0 saturated carbocycles. The third-order valence-electron chi connectivity index (χ3n) is 4.33. The molecule has 0 spiro atoms. The highest BCUT2D eigenvalue weighted by Crippen LogP contribution is 2.30. The lowest BCUT2D eigenvalue weighted by atomic mass is 10.2. The Hall–Kier alpha value is -1.98. The van der Waals surface area contributed by atoms with Crippen LogP contribution in [0.4, 0.5) is 5.13 Å². The Bertz CT molecular complexity index is 791. The van der Waals surface area contributed by atoms with Gasteiger partial charge < -0.3 is 4.90 Å². The molecule has 0 radical (unpaired) electrons. The van der Waals surface area contributed by atoms with Gasteiger partial charge in [-0.25, -0.2) is 4.98 Å². The van der Waals surface area contributed by atoms with Crippen molar-refractivity contribution < 1.29 is 0 Å². The van der Waals surface area contributed by atoms with E-state index in [1.54, 1.807) is 0 Å². The summed E-state index contributed by atoms with van der Waals surface area (Å²) in [4.78, 5) is 13.8. The largest absolute Gasteiger partial charge is 0.345 e. The molecule has 3 heterocycles. The van der Waals surface area contributed by atoms with Crippen LogP contribution >= 0.6 is 11.3 Å². The maximum absolute atomic E-state index is 4.80. The second-order valence-corrected chi connectivity index (χ2v) is 7.10. The number of piperazine rings is 1. The van der Waals surface area contributed by atoms with E-state index < -0.39 is 0 Å². The van der Waals surface area contributed by atoms with E-state index in [1.807, 2.05) is 23.7 Å². The molecular weight excluding hydrogens is 304 g/mol. The first-order chi connectivity index (χ1) is 11.3. The van der Waals surface area contributed by atoms with Gasteiger partial charge in [0.25, 0.3) is 0 Å². The number of aryl methyl sites for hydroxylation is 1. The molecule has 1 saturated heterocycles. The van der Waals surface area contributed by atoms with E-state index in [1.165, 1.54) is 15.8 Å². The SMILES string of the molecule is Cc1ccc2nc(N3CCN(Cc4ccncc4)CC3)sc2c1. The third kappa shape index (κ3) is 3.21. The zero-order valence-electron chi connectivity index (χ0n) is 13.3. The summed E-state index contributed by atoms with van der Waals surface area (Å²) >= 11 is 1.81. The maximum atomic E-state index is 4.80. The van der Waals surface area contributed by atoms with Gasteiger partial charge in [0.05, 0.1) is 10.2 Å². The monoisotopic (exact) mass is 324 g/mol. The molecule has 0 bridgehead atoms. The smallest absolute Gasteiger partial charge is 0.186 e. The molecule has 2 aromatic heterocycles. The van der Waals surface area contributed by atoms with E-state index >= 15 is 0 Å². The minimum Gasteiger partial charge on any atom is -0.345 e. The minimum absolute atomic E-state index is 1.01. The van der Waals surface area contributed by atoms with Crippen LogP contribution in [0.5, 0.6) is 0 Å². The molecule has 4 rings (SSSR count). The summed E-state index contributed by atoms with van der Waals surface area (Å²) in [6.45, 7) is 7.40. The van der Waals surface area contributed by atoms with E-state index in [0.29, 0.717) is 0 Å². The van der Waals surface area contributed by atoms with Gasteiger partial charge in [-0.15, -0.1) is 0 Å². The average Bonchev–Trinajstić information content (AvgIpc) is 2.99. The number of anilines is 1. The van der Waals surface area contributed by atoms with Crippen molar-refractivity contribution in [1.82, 2.24) is 14.9 Å². The first-order valence-corrected chi connectivity index (χ1v) is 8.83. The number of fused-ring (bicyclic) bond motifs is 1. The molecule has 1 aliphatic rings. The highest BCUT2D eigenvalue weighted by molar-refractivity contribution is 7.22. The van der Waals surface area contributed by atoms with Gasteiger partial charge in [0.2, 0.25) is 0 Å². The molecule has 4 nitrogen and oxygen atoms in total. The van der Waals surface area contributed by atoms with Crippen molar-refractivity contribution in [3.05, 3.63) is 53.9 Å². The van der Waals surface area contributed by atoms with Gasteiger partial charge in [-0.1, -0.05) is 17.4 Å². The molecule has 3 aromatic rings. The Labute approximate surface area is 140 Å². The summed E-state index contributed by atoms with van der Waals surface area (Å²) in [5, 5.41) is 1.16. The normalized spacial score (nSPS) is 16.1. The first kappa shape index (κ1) is 14.6. The van der Waals surface area contributed by atoms with Crippen LogP contribution in [0.25, 0.3) is 10.2 Å². The number of benzene rings is 1. The standard InChI is InChI=1S/C18H20N4S/c1-14-2-3-16-17(12-14)23-18(20-16)22-10-8-21(9-11-22)13-15-4-6-19-7-5-15/h2-7,12H,8-11,13H2,1H3. The van der Waals surface area contributed by atoms with E-state index in [0.717, 1.165) is 43.4 Å². The predicted molar refractivity (Wildman–Crippen MR) is 96.1 cm³/mol. The van der Waals surface area contributed by atoms with Crippen LogP contribution in [0.3, 0.4) is 0 Å². The number of thiazole rings is 1. The summed E-state index contributed by atoms with van der Waals surface area (Å²) < 4.78 is 1.29. The molecule has 118 valence electrons. The lowest BCUT2D eigenvalue weighted by Gasteiger charge is -2.34. The summed E-state index contributed by atoms with van der Waals surface area (Å²) in [7, 11) is 0. The van der Waals surface area contributed by atoms with Crippen LogP contribution in [0.2, 0.25) is 0 Å². The summed E-state index contributed by atoms with van der Waals surface area (Å²) in [6, 6.07) is 10.7. The van der Waals surface area contributed by atoms with Gasteiger partial charge in [-0.3, -0.25) is 9.88 Å². The fourth-order valence-electron chi connectivity index (χ4n) is 3.00. The molecule has 0 unspecified atom stereocenters. The number of aromatic nitrogens is 2. The van der Waals surface area contributed by atoms with Crippen LogP contribution < -0.4 is 4.90 Å². The second kappa shape index (κ2) is 6.26. The van der Waals surface area contributed by atoms with Gasteiger partial charge in [0, 0.05) is 45.1 Å². The maximum Gasteiger partial charge on any atom is 0.186 e. The van der Waals surface area contributed by atoms with Crippen LogP contribution in [0.15, 0.2) is 42.7 Å². The molecule has 0 atom stereocenters. The molecular formula is C18H20N4S. The quantitative estimate of drug-likeness (QED) is 0.740. The summed E-state index contributed by atoms with van der Waals surface area (Å²) in [6.07, 6.45) is 3.74. The summed E-state index contributed by atoms with van der Waals surface area (Å²) in [5.41, 5.74) is 3.76. The number of hydrogen-bond acceptors (Lipinski definition) is 5. The molecule has 1 aliphatic heterocycles. The van der Waals surface area contributed by atoms with Gasteiger partial charge in [-0.05, 0) is 42.3 Å². The van der Waals surface area contributed by atoms with Crippen molar-refractivity contribution in [2.45, 2.75) is 13.5 Å². The van der Waals surface area contributed by atoms with E-state index in [-0.39, 0.29) is 0 Å². The minimum atomic E-state index is 1.01. The first-order valence-electron chi connectivity index (χ1n) is 8.01. The van der Waals surface area contributed by atoms with Crippen LogP contribution in [0, 0.1) is 6.92 Å². The van der Waals surface area contributed by atoms with Gasteiger partial charge in [0.15, 0.2) is 5.13 Å². The van der Waals surface area contributed by atoms with Crippen molar-refractivity contribution in [3.8, 4) is 0 Å². The Morgan fingerprint density at radius 2 is 1.83 bits per heavy atom. The molecule has 5 heteroatoms. The Kier molecular flexibility index (Phi) is 3.97. The van der Waals surface area contributed by atoms with Crippen molar-refractivity contribution in [3.63, 3.8) is 0 Å². The second-order valence-electron chi connectivity index (χ2n) is 6.09. The molecule has 23 heavy (non-hydrogen) atoms. The highest BCUT2D eigenvalue weighted by atomic mass is 32.1. The molecule has 0 N–H and O–H groups in total. The van der Waals surface area contributed by atoms with E-state index in [2.05, 4.69) is 52.0 Å². The number of nitrogens with zero attached hydrogens (tertiary/aromatic N) is 4. The third-order valence-corrected chi connectivity index (χ3v) is 5.41. The van der Waals surface area contributed by atoms with Crippen LogP contribution in [-0.4, -0.2) is 41.0 Å². The predicted octanol–water partition coefficient (Wildman–Crippen LogP) is 3.32. The number of rotatable bonds is 3. The van der Waals surface area contributed by atoms with Crippen LogP contribution in [-0.2, 0) is 6.54 Å². The van der Waals surface area contributed by atoms with Gasteiger partial charge in [-0.2, -0.15) is 0 Å². The molecule has 0 amide bonds. The molecule has 0 aliphatic carbocycles. The van der Waals surface area contributed by atoms with Crippen molar-refractivity contribution in [2.75, 3.05) is 31.1 Å².